The number of aliphatic imine (C=N–C) groups is 1. The van der Waals surface area contributed by atoms with Crippen molar-refractivity contribution in [1.29, 1.82) is 0 Å². The molecule has 0 unspecified atom stereocenters. The topological polar surface area (TPSA) is 59.0 Å². The number of thioether (sulfide) groups is 1. The summed E-state index contributed by atoms with van der Waals surface area (Å²) in [6.07, 6.45) is 0. The van der Waals surface area contributed by atoms with Gasteiger partial charge in [0.2, 0.25) is 0 Å². The number of aryl methyl sites for hydroxylation is 2. The van der Waals surface area contributed by atoms with Crippen molar-refractivity contribution in [3.05, 3.63) is 59.2 Å². The normalized spacial score (nSPS) is 22.8. The van der Waals surface area contributed by atoms with Crippen LogP contribution in [0, 0.1) is 13.8 Å². The van der Waals surface area contributed by atoms with Gasteiger partial charge in [-0.1, -0.05) is 41.6 Å². The summed E-state index contributed by atoms with van der Waals surface area (Å²) in [5.41, 5.74) is 4.57. The van der Waals surface area contributed by atoms with Crippen molar-refractivity contribution >= 4 is 32.5 Å². The minimum Gasteiger partial charge on any atom is -0.497 e. The molecule has 0 N–H and O–H groups in total. The smallest absolute Gasteiger partial charge is 0.164 e. The third-order valence-electron chi connectivity index (χ3n) is 5.25. The zero-order chi connectivity index (χ0) is 19.9. The van der Waals surface area contributed by atoms with E-state index in [0.29, 0.717) is 0 Å². The van der Waals surface area contributed by atoms with Crippen LogP contribution in [0.3, 0.4) is 0 Å². The molecule has 0 bridgehead atoms. The summed E-state index contributed by atoms with van der Waals surface area (Å²) in [6, 6.07) is 14.0. The fourth-order valence-corrected chi connectivity index (χ4v) is 6.78. The predicted molar refractivity (Wildman–Crippen MR) is 116 cm³/mol. The van der Waals surface area contributed by atoms with Gasteiger partial charge >= 0.3 is 0 Å². The third-order valence-corrected chi connectivity index (χ3v) is 7.98. The van der Waals surface area contributed by atoms with Crippen LogP contribution in [0.25, 0.3) is 0 Å². The Morgan fingerprint density at radius 2 is 1.89 bits per heavy atom. The largest absolute Gasteiger partial charge is 0.497 e. The lowest BCUT2D eigenvalue weighted by Gasteiger charge is -2.28. The van der Waals surface area contributed by atoms with Gasteiger partial charge in [-0.25, -0.2) is 8.42 Å². The summed E-state index contributed by atoms with van der Waals surface area (Å²) in [5.74, 6) is 1.92. The maximum atomic E-state index is 12.2. The van der Waals surface area contributed by atoms with Crippen LogP contribution >= 0.6 is 11.8 Å². The number of hydrogen-bond acceptors (Lipinski definition) is 6. The molecule has 1 saturated heterocycles. The first-order valence-corrected chi connectivity index (χ1v) is 12.1. The van der Waals surface area contributed by atoms with E-state index in [9.17, 15) is 8.42 Å². The Morgan fingerprint density at radius 1 is 1.14 bits per heavy atom. The van der Waals surface area contributed by atoms with Gasteiger partial charge in [-0.2, -0.15) is 0 Å². The van der Waals surface area contributed by atoms with Crippen molar-refractivity contribution in [2.75, 3.05) is 23.5 Å². The van der Waals surface area contributed by atoms with Crippen LogP contribution in [0.1, 0.15) is 16.7 Å². The van der Waals surface area contributed by atoms with E-state index in [0.717, 1.165) is 27.9 Å². The maximum Gasteiger partial charge on any atom is 0.164 e. The van der Waals surface area contributed by atoms with Crippen LogP contribution in [0.2, 0.25) is 0 Å². The highest BCUT2D eigenvalue weighted by atomic mass is 32.2. The van der Waals surface area contributed by atoms with Crippen molar-refractivity contribution in [3.8, 4) is 5.75 Å². The average molecular weight is 417 g/mol. The number of hydrogen-bond donors (Lipinski definition) is 0. The highest BCUT2D eigenvalue weighted by molar-refractivity contribution is 8.13. The Morgan fingerprint density at radius 3 is 2.57 bits per heavy atom. The van der Waals surface area contributed by atoms with E-state index in [1.807, 2.05) is 24.3 Å². The van der Waals surface area contributed by atoms with E-state index < -0.39 is 9.84 Å². The van der Waals surface area contributed by atoms with Crippen LogP contribution < -0.4 is 9.64 Å². The molecule has 4 rings (SSSR count). The first-order chi connectivity index (χ1) is 13.4. The van der Waals surface area contributed by atoms with Gasteiger partial charge in [0.1, 0.15) is 5.75 Å². The first-order valence-electron chi connectivity index (χ1n) is 9.27. The molecule has 2 aliphatic heterocycles. The summed E-state index contributed by atoms with van der Waals surface area (Å²) in [4.78, 5) is 6.97. The third kappa shape index (κ3) is 3.78. The van der Waals surface area contributed by atoms with E-state index in [4.69, 9.17) is 9.73 Å². The summed E-state index contributed by atoms with van der Waals surface area (Å²) >= 11 is 1.66. The molecule has 148 valence electrons. The monoisotopic (exact) mass is 416 g/mol. The molecule has 28 heavy (non-hydrogen) atoms. The van der Waals surface area contributed by atoms with Gasteiger partial charge in [0, 0.05) is 11.4 Å². The molecule has 2 atom stereocenters. The molecule has 2 aromatic rings. The number of sulfone groups is 1. The second-order valence-corrected chi connectivity index (χ2v) is 10.5. The van der Waals surface area contributed by atoms with E-state index in [2.05, 4.69) is 36.9 Å². The zero-order valence-corrected chi connectivity index (χ0v) is 17.9. The van der Waals surface area contributed by atoms with E-state index in [1.54, 1.807) is 18.9 Å². The molecule has 0 aliphatic carbocycles. The molecular weight excluding hydrogens is 392 g/mol. The Kier molecular flexibility index (Phi) is 5.14. The summed E-state index contributed by atoms with van der Waals surface area (Å²) < 4.78 is 29.6. The number of benzene rings is 2. The fourth-order valence-electron chi connectivity index (χ4n) is 3.86. The molecule has 0 spiro atoms. The number of fused-ring (bicyclic) bond motifs is 1. The molecule has 5 nitrogen and oxygen atoms in total. The molecule has 2 aromatic carbocycles. The highest BCUT2D eigenvalue weighted by Crippen LogP contribution is 2.37. The quantitative estimate of drug-likeness (QED) is 0.762. The van der Waals surface area contributed by atoms with Gasteiger partial charge in [-0.3, -0.25) is 4.99 Å². The number of rotatable bonds is 4. The van der Waals surface area contributed by atoms with Gasteiger partial charge < -0.3 is 9.64 Å². The summed E-state index contributed by atoms with van der Waals surface area (Å²) in [5, 5.41) is 0.910. The van der Waals surface area contributed by atoms with E-state index >= 15 is 0 Å². The molecule has 0 aromatic heterocycles. The van der Waals surface area contributed by atoms with Crippen molar-refractivity contribution < 1.29 is 13.2 Å². The average Bonchev–Trinajstić information content (AvgIpc) is 3.12. The molecule has 0 radical (unpaired) electrons. The van der Waals surface area contributed by atoms with Crippen LogP contribution in [-0.4, -0.2) is 44.3 Å². The molecule has 0 saturated carbocycles. The van der Waals surface area contributed by atoms with Crippen LogP contribution in [0.15, 0.2) is 47.5 Å². The van der Waals surface area contributed by atoms with Crippen LogP contribution in [0.4, 0.5) is 5.69 Å². The predicted octanol–water partition coefficient (Wildman–Crippen LogP) is 3.59. The van der Waals surface area contributed by atoms with Gasteiger partial charge in [0.05, 0.1) is 30.7 Å². The summed E-state index contributed by atoms with van der Waals surface area (Å²) in [6.45, 7) is 4.14. The Labute approximate surface area is 170 Å². The lowest BCUT2D eigenvalue weighted by Crippen LogP contribution is -2.39. The minimum atomic E-state index is -3.04. The number of anilines is 1. The Balaban J connectivity index is 1.61. The van der Waals surface area contributed by atoms with Crippen molar-refractivity contribution in [2.45, 2.75) is 31.7 Å². The summed E-state index contributed by atoms with van der Waals surface area (Å²) in [7, 11) is -1.38. The molecular formula is C21H24N2O3S2. The number of nitrogens with zero attached hydrogens (tertiary/aromatic N) is 2. The van der Waals surface area contributed by atoms with E-state index in [-0.39, 0.29) is 23.6 Å². The zero-order valence-electron chi connectivity index (χ0n) is 16.3. The van der Waals surface area contributed by atoms with Crippen molar-refractivity contribution in [3.63, 3.8) is 0 Å². The van der Waals surface area contributed by atoms with Gasteiger partial charge in [0.15, 0.2) is 15.0 Å². The molecule has 1 fully saturated rings. The molecule has 2 heterocycles. The lowest BCUT2D eigenvalue weighted by atomic mass is 10.1. The second-order valence-electron chi connectivity index (χ2n) is 7.42. The van der Waals surface area contributed by atoms with E-state index in [1.165, 1.54) is 11.1 Å². The molecule has 0 amide bonds. The fraction of sp³-hybridized carbons (Fsp3) is 0.381. The number of methoxy groups -OCH3 is 1. The number of amidine groups is 1. The van der Waals surface area contributed by atoms with Crippen molar-refractivity contribution in [1.82, 2.24) is 0 Å². The first kappa shape index (κ1) is 19.3. The Bertz CT molecular complexity index is 1020. The molecule has 7 heteroatoms. The standard InChI is InChI=1S/C21H24N2O3S2/c1-14-4-9-19(15(2)10-14)23-20-13-28(24,25)12-18(20)22-21(23)27-11-16-5-7-17(26-3)8-6-16/h4-10,18,20H,11-13H2,1-3H3/t18-,20-/m1/s1. The van der Waals surface area contributed by atoms with Gasteiger partial charge in [-0.05, 0) is 43.2 Å². The highest BCUT2D eigenvalue weighted by Gasteiger charge is 2.47. The van der Waals surface area contributed by atoms with Gasteiger partial charge in [0.25, 0.3) is 0 Å². The minimum absolute atomic E-state index is 0.107. The second kappa shape index (κ2) is 7.44. The number of ether oxygens (including phenoxy) is 1. The van der Waals surface area contributed by atoms with Crippen molar-refractivity contribution in [2.24, 2.45) is 4.99 Å². The van der Waals surface area contributed by atoms with Crippen LogP contribution in [0.5, 0.6) is 5.75 Å². The molecule has 2 aliphatic rings. The Hall–Kier alpha value is -1.99. The maximum absolute atomic E-state index is 12.2. The van der Waals surface area contributed by atoms with Crippen LogP contribution in [-0.2, 0) is 15.6 Å². The van der Waals surface area contributed by atoms with Gasteiger partial charge in [-0.15, -0.1) is 0 Å². The SMILES string of the molecule is COc1ccc(CSC2=N[C@@H]3CS(=O)(=O)C[C@H]3N2c2ccc(C)cc2C)cc1. The lowest BCUT2D eigenvalue weighted by molar-refractivity contribution is 0.414.